The Bertz CT molecular complexity index is 134. The van der Waals surface area contributed by atoms with Crippen molar-refractivity contribution in [2.45, 2.75) is 32.7 Å². The van der Waals surface area contributed by atoms with E-state index in [1.807, 2.05) is 7.05 Å². The molecule has 0 aromatic rings. The Morgan fingerprint density at radius 1 is 1.50 bits per heavy atom. The van der Waals surface area contributed by atoms with Crippen molar-refractivity contribution in [3.63, 3.8) is 0 Å². The molecule has 0 aliphatic rings. The lowest BCUT2D eigenvalue weighted by Crippen LogP contribution is -2.29. The van der Waals surface area contributed by atoms with E-state index in [2.05, 4.69) is 23.9 Å². The molecule has 0 heterocycles. The SMILES string of the molecule is CN[C@@H](CC(=O)OC)CC(C)C. The minimum Gasteiger partial charge on any atom is -0.469 e. The Hall–Kier alpha value is -0.570. The fraction of sp³-hybridized carbons (Fsp3) is 0.889. The average molecular weight is 173 g/mol. The molecule has 0 spiro atoms. The molecular weight excluding hydrogens is 154 g/mol. The Morgan fingerprint density at radius 2 is 2.08 bits per heavy atom. The zero-order chi connectivity index (χ0) is 9.56. The molecule has 3 nitrogen and oxygen atoms in total. The van der Waals surface area contributed by atoms with Crippen LogP contribution in [0, 0.1) is 5.92 Å². The van der Waals surface area contributed by atoms with Crippen molar-refractivity contribution in [1.82, 2.24) is 5.32 Å². The molecule has 0 aliphatic heterocycles. The predicted molar refractivity (Wildman–Crippen MR) is 48.9 cm³/mol. The molecule has 0 amide bonds. The third kappa shape index (κ3) is 5.13. The van der Waals surface area contributed by atoms with E-state index in [1.165, 1.54) is 7.11 Å². The summed E-state index contributed by atoms with van der Waals surface area (Å²) in [4.78, 5) is 10.9. The molecule has 72 valence electrons. The molecule has 0 radical (unpaired) electrons. The molecule has 1 N–H and O–H groups in total. The lowest BCUT2D eigenvalue weighted by Gasteiger charge is -2.16. The highest BCUT2D eigenvalue weighted by atomic mass is 16.5. The molecule has 0 unspecified atom stereocenters. The summed E-state index contributed by atoms with van der Waals surface area (Å²) in [5, 5.41) is 3.10. The van der Waals surface area contributed by atoms with Gasteiger partial charge in [0.05, 0.1) is 13.5 Å². The zero-order valence-corrected chi connectivity index (χ0v) is 8.39. The second kappa shape index (κ2) is 6.00. The van der Waals surface area contributed by atoms with Gasteiger partial charge in [0, 0.05) is 6.04 Å². The number of hydrogen-bond acceptors (Lipinski definition) is 3. The minimum atomic E-state index is -0.144. The molecule has 1 atom stereocenters. The number of ether oxygens (including phenoxy) is 1. The molecule has 0 rings (SSSR count). The van der Waals surface area contributed by atoms with E-state index >= 15 is 0 Å². The van der Waals surface area contributed by atoms with Crippen LogP contribution in [0.15, 0.2) is 0 Å². The van der Waals surface area contributed by atoms with Gasteiger partial charge in [-0.1, -0.05) is 13.8 Å². The first-order valence-electron chi connectivity index (χ1n) is 4.34. The van der Waals surface area contributed by atoms with Gasteiger partial charge in [-0.05, 0) is 19.4 Å². The highest BCUT2D eigenvalue weighted by Gasteiger charge is 2.13. The summed E-state index contributed by atoms with van der Waals surface area (Å²) in [6.07, 6.45) is 1.47. The zero-order valence-electron chi connectivity index (χ0n) is 8.39. The maximum atomic E-state index is 10.9. The highest BCUT2D eigenvalue weighted by molar-refractivity contribution is 5.69. The maximum absolute atomic E-state index is 10.9. The van der Waals surface area contributed by atoms with E-state index < -0.39 is 0 Å². The van der Waals surface area contributed by atoms with Crippen LogP contribution in [0.2, 0.25) is 0 Å². The maximum Gasteiger partial charge on any atom is 0.307 e. The van der Waals surface area contributed by atoms with E-state index in [-0.39, 0.29) is 12.0 Å². The van der Waals surface area contributed by atoms with Crippen LogP contribution in [0.25, 0.3) is 0 Å². The molecule has 0 aromatic heterocycles. The van der Waals surface area contributed by atoms with Gasteiger partial charge in [-0.3, -0.25) is 4.79 Å². The van der Waals surface area contributed by atoms with Crippen LogP contribution in [0.1, 0.15) is 26.7 Å². The number of esters is 1. The molecule has 0 bridgehead atoms. The third-order valence-corrected chi connectivity index (χ3v) is 1.80. The van der Waals surface area contributed by atoms with Crippen LogP contribution in [0.5, 0.6) is 0 Å². The standard InChI is InChI=1S/C9H19NO2/c1-7(2)5-8(10-3)6-9(11)12-4/h7-8,10H,5-6H2,1-4H3/t8-/m1/s1. The molecule has 0 aliphatic carbocycles. The van der Waals surface area contributed by atoms with Crippen LogP contribution in [0.3, 0.4) is 0 Å². The van der Waals surface area contributed by atoms with Gasteiger partial charge in [0.2, 0.25) is 0 Å². The summed E-state index contributed by atoms with van der Waals surface area (Å²) in [5.74, 6) is 0.460. The van der Waals surface area contributed by atoms with Crippen LogP contribution in [0.4, 0.5) is 0 Å². The number of hydrogen-bond donors (Lipinski definition) is 1. The van der Waals surface area contributed by atoms with Crippen LogP contribution >= 0.6 is 0 Å². The molecule has 0 saturated heterocycles. The fourth-order valence-corrected chi connectivity index (χ4v) is 1.16. The summed E-state index contributed by atoms with van der Waals surface area (Å²) in [6.45, 7) is 4.28. The second-order valence-corrected chi connectivity index (χ2v) is 3.40. The van der Waals surface area contributed by atoms with Crippen molar-refractivity contribution in [1.29, 1.82) is 0 Å². The number of carbonyl (C=O) groups is 1. The van der Waals surface area contributed by atoms with Crippen LogP contribution in [-0.2, 0) is 9.53 Å². The van der Waals surface area contributed by atoms with Gasteiger partial charge in [0.25, 0.3) is 0 Å². The fourth-order valence-electron chi connectivity index (χ4n) is 1.16. The van der Waals surface area contributed by atoms with Crippen LogP contribution in [-0.4, -0.2) is 26.2 Å². The van der Waals surface area contributed by atoms with Gasteiger partial charge < -0.3 is 10.1 Å². The first-order chi connectivity index (χ1) is 5.60. The number of nitrogens with one attached hydrogen (secondary N) is 1. The van der Waals surface area contributed by atoms with E-state index in [4.69, 9.17) is 0 Å². The normalized spacial score (nSPS) is 13.1. The molecular formula is C9H19NO2. The average Bonchev–Trinajstić information content (AvgIpc) is 2.02. The smallest absolute Gasteiger partial charge is 0.307 e. The van der Waals surface area contributed by atoms with Gasteiger partial charge in [-0.25, -0.2) is 0 Å². The van der Waals surface area contributed by atoms with Crippen molar-refractivity contribution in [3.8, 4) is 0 Å². The predicted octanol–water partition coefficient (Wildman–Crippen LogP) is 1.18. The summed E-state index contributed by atoms with van der Waals surface area (Å²) in [6, 6.07) is 0.248. The van der Waals surface area contributed by atoms with Gasteiger partial charge in [0.15, 0.2) is 0 Å². The van der Waals surface area contributed by atoms with E-state index in [1.54, 1.807) is 0 Å². The monoisotopic (exact) mass is 173 g/mol. The summed E-state index contributed by atoms with van der Waals surface area (Å²) < 4.78 is 4.59. The number of carbonyl (C=O) groups excluding carboxylic acids is 1. The summed E-state index contributed by atoms with van der Waals surface area (Å²) in [7, 11) is 3.29. The van der Waals surface area contributed by atoms with Crippen molar-refractivity contribution in [2.75, 3.05) is 14.2 Å². The topological polar surface area (TPSA) is 38.3 Å². The van der Waals surface area contributed by atoms with Crippen molar-refractivity contribution >= 4 is 5.97 Å². The lowest BCUT2D eigenvalue weighted by atomic mass is 10.0. The summed E-state index contributed by atoms with van der Waals surface area (Å²) in [5.41, 5.74) is 0. The Balaban J connectivity index is 3.74. The molecule has 0 aromatic carbocycles. The van der Waals surface area contributed by atoms with Gasteiger partial charge in [-0.15, -0.1) is 0 Å². The van der Waals surface area contributed by atoms with Crippen molar-refractivity contribution in [2.24, 2.45) is 5.92 Å². The minimum absolute atomic E-state index is 0.144. The highest BCUT2D eigenvalue weighted by Crippen LogP contribution is 2.07. The largest absolute Gasteiger partial charge is 0.469 e. The quantitative estimate of drug-likeness (QED) is 0.634. The summed E-state index contributed by atoms with van der Waals surface area (Å²) >= 11 is 0. The molecule has 0 fully saturated rings. The van der Waals surface area contributed by atoms with Gasteiger partial charge in [0.1, 0.15) is 0 Å². The Kier molecular flexibility index (Phi) is 5.72. The third-order valence-electron chi connectivity index (χ3n) is 1.80. The van der Waals surface area contributed by atoms with Crippen molar-refractivity contribution in [3.05, 3.63) is 0 Å². The first kappa shape index (κ1) is 11.4. The Morgan fingerprint density at radius 3 is 2.42 bits per heavy atom. The lowest BCUT2D eigenvalue weighted by molar-refractivity contribution is -0.141. The second-order valence-electron chi connectivity index (χ2n) is 3.40. The van der Waals surface area contributed by atoms with E-state index in [9.17, 15) is 4.79 Å². The van der Waals surface area contributed by atoms with Crippen LogP contribution < -0.4 is 5.32 Å². The molecule has 0 saturated carbocycles. The molecule has 12 heavy (non-hydrogen) atoms. The van der Waals surface area contributed by atoms with Gasteiger partial charge >= 0.3 is 5.97 Å². The number of methoxy groups -OCH3 is 1. The first-order valence-corrected chi connectivity index (χ1v) is 4.34. The van der Waals surface area contributed by atoms with Crippen molar-refractivity contribution < 1.29 is 9.53 Å². The Labute approximate surface area is 74.5 Å². The van der Waals surface area contributed by atoms with E-state index in [0.717, 1.165) is 6.42 Å². The van der Waals surface area contributed by atoms with E-state index in [0.29, 0.717) is 12.3 Å². The molecule has 3 heteroatoms. The number of rotatable bonds is 5. The van der Waals surface area contributed by atoms with Gasteiger partial charge in [-0.2, -0.15) is 0 Å².